The zero-order valence-electron chi connectivity index (χ0n) is 7.22. The molecule has 0 unspecified atom stereocenters. The van der Waals surface area contributed by atoms with Crippen molar-refractivity contribution in [2.75, 3.05) is 6.61 Å². The maximum absolute atomic E-state index is 11.0. The maximum atomic E-state index is 11.0. The number of hydrogen-bond acceptors (Lipinski definition) is 6. The van der Waals surface area contributed by atoms with Crippen LogP contribution < -0.4 is 0 Å². The van der Waals surface area contributed by atoms with Crippen molar-refractivity contribution in [3.63, 3.8) is 0 Å². The average Bonchev–Trinajstić information content (AvgIpc) is 2.52. The van der Waals surface area contributed by atoms with Crippen molar-refractivity contribution in [3.8, 4) is 0 Å². The molecule has 1 rings (SSSR count). The third kappa shape index (κ3) is 2.08. The van der Waals surface area contributed by atoms with Gasteiger partial charge in [0.1, 0.15) is 0 Å². The Bertz CT molecular complexity index is 332. The SMILES string of the molecule is CCOC(=O)c1nnn(C(C)=O)n1. The van der Waals surface area contributed by atoms with Crippen molar-refractivity contribution >= 4 is 11.9 Å². The Hall–Kier alpha value is -1.79. The molecular formula is C6H8N4O3. The van der Waals surface area contributed by atoms with Gasteiger partial charge in [-0.15, -0.1) is 10.2 Å². The molecule has 0 N–H and O–H groups in total. The molecule has 0 fully saturated rings. The first-order valence-corrected chi connectivity index (χ1v) is 3.63. The summed E-state index contributed by atoms with van der Waals surface area (Å²) in [4.78, 5) is 22.4. The number of rotatable bonds is 2. The third-order valence-electron chi connectivity index (χ3n) is 1.15. The minimum atomic E-state index is -0.685. The van der Waals surface area contributed by atoms with Gasteiger partial charge >= 0.3 is 5.97 Å². The van der Waals surface area contributed by atoms with Crippen LogP contribution in [0.1, 0.15) is 29.3 Å². The molecule has 0 spiro atoms. The lowest BCUT2D eigenvalue weighted by molar-refractivity contribution is 0.0512. The number of tetrazole rings is 1. The largest absolute Gasteiger partial charge is 0.460 e. The number of carbonyl (C=O) groups excluding carboxylic acids is 2. The number of ether oxygens (including phenoxy) is 1. The maximum Gasteiger partial charge on any atom is 0.380 e. The highest BCUT2D eigenvalue weighted by Crippen LogP contribution is 1.90. The van der Waals surface area contributed by atoms with Gasteiger partial charge in [-0.2, -0.15) is 0 Å². The second kappa shape index (κ2) is 3.74. The molecule has 1 heterocycles. The summed E-state index contributed by atoms with van der Waals surface area (Å²) in [7, 11) is 0. The first-order valence-electron chi connectivity index (χ1n) is 3.63. The number of aromatic nitrogens is 4. The molecule has 0 aromatic carbocycles. The second-order valence-electron chi connectivity index (χ2n) is 2.14. The molecule has 0 saturated heterocycles. The molecule has 0 radical (unpaired) electrons. The van der Waals surface area contributed by atoms with Crippen LogP contribution in [0.2, 0.25) is 0 Å². The fourth-order valence-electron chi connectivity index (χ4n) is 0.625. The predicted molar refractivity (Wildman–Crippen MR) is 40.1 cm³/mol. The minimum Gasteiger partial charge on any atom is -0.460 e. The molecule has 1 aromatic rings. The normalized spacial score (nSPS) is 9.69. The van der Waals surface area contributed by atoms with Crippen molar-refractivity contribution in [3.05, 3.63) is 5.82 Å². The molecule has 13 heavy (non-hydrogen) atoms. The van der Waals surface area contributed by atoms with Crippen molar-refractivity contribution in [2.45, 2.75) is 13.8 Å². The highest BCUT2D eigenvalue weighted by atomic mass is 16.5. The molecule has 0 saturated carbocycles. The Morgan fingerprint density at radius 3 is 2.69 bits per heavy atom. The zero-order valence-corrected chi connectivity index (χ0v) is 7.22. The van der Waals surface area contributed by atoms with Crippen LogP contribution in [0.5, 0.6) is 0 Å². The number of nitrogens with zero attached hydrogens (tertiary/aromatic N) is 4. The van der Waals surface area contributed by atoms with Gasteiger partial charge in [0.25, 0.3) is 11.7 Å². The number of carbonyl (C=O) groups is 2. The van der Waals surface area contributed by atoms with Crippen LogP contribution in [-0.4, -0.2) is 38.7 Å². The summed E-state index contributed by atoms with van der Waals surface area (Å²) in [5, 5.41) is 10.2. The van der Waals surface area contributed by atoms with Gasteiger partial charge < -0.3 is 4.74 Å². The summed E-state index contributed by atoms with van der Waals surface area (Å²) < 4.78 is 4.59. The number of esters is 1. The molecule has 0 atom stereocenters. The summed E-state index contributed by atoms with van der Waals surface area (Å²) in [5.41, 5.74) is 0. The van der Waals surface area contributed by atoms with E-state index in [1.165, 1.54) is 6.92 Å². The van der Waals surface area contributed by atoms with E-state index in [1.807, 2.05) is 0 Å². The van der Waals surface area contributed by atoms with Gasteiger partial charge in [0.15, 0.2) is 0 Å². The van der Waals surface area contributed by atoms with Crippen molar-refractivity contribution in [1.29, 1.82) is 0 Å². The molecule has 0 aliphatic rings. The van der Waals surface area contributed by atoms with Gasteiger partial charge in [-0.1, -0.05) is 4.80 Å². The molecule has 0 bridgehead atoms. The van der Waals surface area contributed by atoms with Gasteiger partial charge in [0, 0.05) is 6.92 Å². The Balaban J connectivity index is 2.79. The van der Waals surface area contributed by atoms with E-state index in [0.717, 1.165) is 4.80 Å². The predicted octanol–water partition coefficient (Wildman–Crippen LogP) is -0.490. The van der Waals surface area contributed by atoms with E-state index in [-0.39, 0.29) is 12.4 Å². The lowest BCUT2D eigenvalue weighted by atomic mass is 10.6. The van der Waals surface area contributed by atoms with Crippen LogP contribution in [0, 0.1) is 0 Å². The number of hydrogen-bond donors (Lipinski definition) is 0. The van der Waals surface area contributed by atoms with Crippen LogP contribution in [-0.2, 0) is 4.74 Å². The Labute approximate surface area is 73.7 Å². The molecule has 0 aliphatic heterocycles. The summed E-state index contributed by atoms with van der Waals surface area (Å²) in [6.45, 7) is 3.15. The van der Waals surface area contributed by atoms with E-state index in [1.54, 1.807) is 6.92 Å². The smallest absolute Gasteiger partial charge is 0.380 e. The fraction of sp³-hybridized carbons (Fsp3) is 0.500. The first kappa shape index (κ1) is 9.30. The summed E-state index contributed by atoms with van der Waals surface area (Å²) in [6.07, 6.45) is 0. The van der Waals surface area contributed by atoms with Gasteiger partial charge in [-0.3, -0.25) is 4.79 Å². The van der Waals surface area contributed by atoms with E-state index < -0.39 is 11.9 Å². The topological polar surface area (TPSA) is 87.0 Å². The van der Waals surface area contributed by atoms with Crippen LogP contribution in [0.15, 0.2) is 0 Å². The second-order valence-corrected chi connectivity index (χ2v) is 2.14. The summed E-state index contributed by atoms with van der Waals surface area (Å²) in [6, 6.07) is 0. The van der Waals surface area contributed by atoms with Crippen molar-refractivity contribution in [2.24, 2.45) is 0 Å². The third-order valence-corrected chi connectivity index (χ3v) is 1.15. The van der Waals surface area contributed by atoms with Crippen LogP contribution >= 0.6 is 0 Å². The van der Waals surface area contributed by atoms with Crippen LogP contribution in [0.3, 0.4) is 0 Å². The van der Waals surface area contributed by atoms with Gasteiger partial charge in [-0.05, 0) is 12.1 Å². The van der Waals surface area contributed by atoms with Crippen LogP contribution in [0.25, 0.3) is 0 Å². The molecule has 7 heteroatoms. The molecule has 0 aliphatic carbocycles. The van der Waals surface area contributed by atoms with Crippen molar-refractivity contribution in [1.82, 2.24) is 20.2 Å². The molecule has 7 nitrogen and oxygen atoms in total. The van der Waals surface area contributed by atoms with Gasteiger partial charge in [0.05, 0.1) is 6.61 Å². The molecular weight excluding hydrogens is 176 g/mol. The lowest BCUT2D eigenvalue weighted by Gasteiger charge is -1.93. The van der Waals surface area contributed by atoms with E-state index in [4.69, 9.17) is 0 Å². The quantitative estimate of drug-likeness (QED) is 0.576. The van der Waals surface area contributed by atoms with Gasteiger partial charge in [0.2, 0.25) is 0 Å². The lowest BCUT2D eigenvalue weighted by Crippen LogP contribution is -2.11. The summed E-state index contributed by atoms with van der Waals surface area (Å²) >= 11 is 0. The Morgan fingerprint density at radius 2 is 2.23 bits per heavy atom. The van der Waals surface area contributed by atoms with E-state index >= 15 is 0 Å². The van der Waals surface area contributed by atoms with E-state index in [0.29, 0.717) is 0 Å². The molecule has 1 aromatic heterocycles. The Kier molecular flexibility index (Phi) is 2.68. The average molecular weight is 184 g/mol. The summed E-state index contributed by atoms with van der Waals surface area (Å²) in [5.74, 6) is -1.31. The highest BCUT2D eigenvalue weighted by molar-refractivity contribution is 5.85. The standard InChI is InChI=1S/C6H8N4O3/c1-3-13-6(12)5-7-9-10(8-5)4(2)11/h3H2,1-2H3. The van der Waals surface area contributed by atoms with E-state index in [9.17, 15) is 9.59 Å². The zero-order chi connectivity index (χ0) is 9.84. The Morgan fingerprint density at radius 1 is 1.54 bits per heavy atom. The minimum absolute atomic E-state index is 0.211. The monoisotopic (exact) mass is 184 g/mol. The molecule has 70 valence electrons. The van der Waals surface area contributed by atoms with E-state index in [2.05, 4.69) is 20.1 Å². The van der Waals surface area contributed by atoms with Crippen molar-refractivity contribution < 1.29 is 14.3 Å². The van der Waals surface area contributed by atoms with Crippen LogP contribution in [0.4, 0.5) is 0 Å². The first-order chi connectivity index (χ1) is 6.15. The highest BCUT2D eigenvalue weighted by Gasteiger charge is 2.14. The fourth-order valence-corrected chi connectivity index (χ4v) is 0.625. The molecule has 0 amide bonds. The van der Waals surface area contributed by atoms with Gasteiger partial charge in [-0.25, -0.2) is 4.79 Å².